The first-order valence-corrected chi connectivity index (χ1v) is 6.86. The lowest BCUT2D eigenvalue weighted by Gasteiger charge is -2.07. The van der Waals surface area contributed by atoms with Crippen LogP contribution in [-0.2, 0) is 17.8 Å². The molecule has 0 amide bonds. The van der Waals surface area contributed by atoms with Crippen LogP contribution in [0.1, 0.15) is 22.5 Å². The minimum Gasteiger partial charge on any atom is -0.481 e. The van der Waals surface area contributed by atoms with Gasteiger partial charge in [0.2, 0.25) is 0 Å². The standard InChI is InChI=1S/C14H14BrFN2O2/c1-8-12(6-14(19)20)9(2)18(17-8)7-10-3-4-11(15)5-13(10)16/h3-5H,6-7H2,1-2H3,(H,19,20). The average Bonchev–Trinajstić information content (AvgIpc) is 2.60. The highest BCUT2D eigenvalue weighted by Crippen LogP contribution is 2.19. The van der Waals surface area contributed by atoms with Gasteiger partial charge in [-0.2, -0.15) is 5.10 Å². The number of carbonyl (C=O) groups is 1. The molecule has 0 fully saturated rings. The highest BCUT2D eigenvalue weighted by Gasteiger charge is 2.15. The summed E-state index contributed by atoms with van der Waals surface area (Å²) in [4.78, 5) is 10.8. The summed E-state index contributed by atoms with van der Waals surface area (Å²) in [5.41, 5.74) is 2.63. The van der Waals surface area contributed by atoms with Gasteiger partial charge in [-0.15, -0.1) is 0 Å². The molecule has 2 rings (SSSR count). The Morgan fingerprint density at radius 2 is 2.15 bits per heavy atom. The van der Waals surface area contributed by atoms with Gasteiger partial charge in [0.1, 0.15) is 5.82 Å². The van der Waals surface area contributed by atoms with E-state index in [9.17, 15) is 9.18 Å². The number of rotatable bonds is 4. The molecule has 106 valence electrons. The monoisotopic (exact) mass is 340 g/mol. The van der Waals surface area contributed by atoms with Crippen LogP contribution in [0.5, 0.6) is 0 Å². The third kappa shape index (κ3) is 3.07. The molecule has 0 bridgehead atoms. The lowest BCUT2D eigenvalue weighted by Crippen LogP contribution is -2.07. The van der Waals surface area contributed by atoms with Crippen LogP contribution in [0, 0.1) is 19.7 Å². The van der Waals surface area contributed by atoms with E-state index < -0.39 is 5.97 Å². The van der Waals surface area contributed by atoms with E-state index in [0.717, 1.165) is 5.69 Å². The van der Waals surface area contributed by atoms with Crippen LogP contribution in [-0.4, -0.2) is 20.9 Å². The van der Waals surface area contributed by atoms with Crippen LogP contribution in [0.2, 0.25) is 0 Å². The predicted octanol–water partition coefficient (Wildman–Crippen LogP) is 3.08. The van der Waals surface area contributed by atoms with E-state index in [-0.39, 0.29) is 18.8 Å². The van der Waals surface area contributed by atoms with E-state index in [4.69, 9.17) is 5.11 Å². The maximum absolute atomic E-state index is 13.8. The number of nitrogens with zero attached hydrogens (tertiary/aromatic N) is 2. The quantitative estimate of drug-likeness (QED) is 0.930. The second-order valence-corrected chi connectivity index (χ2v) is 5.53. The van der Waals surface area contributed by atoms with E-state index in [2.05, 4.69) is 21.0 Å². The Morgan fingerprint density at radius 1 is 1.45 bits per heavy atom. The molecule has 1 N–H and O–H groups in total. The number of carboxylic acid groups (broad SMARTS) is 1. The van der Waals surface area contributed by atoms with Crippen molar-refractivity contribution in [2.75, 3.05) is 0 Å². The van der Waals surface area contributed by atoms with Crippen molar-refractivity contribution in [2.24, 2.45) is 0 Å². The van der Waals surface area contributed by atoms with Crippen LogP contribution >= 0.6 is 15.9 Å². The highest BCUT2D eigenvalue weighted by atomic mass is 79.9. The molecule has 0 aliphatic carbocycles. The van der Waals surface area contributed by atoms with Gasteiger partial charge >= 0.3 is 5.97 Å². The molecule has 0 radical (unpaired) electrons. The Bertz CT molecular complexity index is 667. The minimum absolute atomic E-state index is 0.0690. The molecular formula is C14H14BrFN2O2. The van der Waals surface area contributed by atoms with Crippen molar-refractivity contribution in [1.29, 1.82) is 0 Å². The van der Waals surface area contributed by atoms with Crippen LogP contribution in [0.3, 0.4) is 0 Å². The fraction of sp³-hybridized carbons (Fsp3) is 0.286. The Kier molecular flexibility index (Phi) is 4.23. The predicted molar refractivity (Wildman–Crippen MR) is 76.2 cm³/mol. The first-order chi connectivity index (χ1) is 9.38. The molecule has 0 saturated carbocycles. The first kappa shape index (κ1) is 14.7. The number of aryl methyl sites for hydroxylation is 1. The van der Waals surface area contributed by atoms with Crippen molar-refractivity contribution in [1.82, 2.24) is 9.78 Å². The smallest absolute Gasteiger partial charge is 0.307 e. The lowest BCUT2D eigenvalue weighted by atomic mass is 10.1. The van der Waals surface area contributed by atoms with Crippen molar-refractivity contribution in [3.63, 3.8) is 0 Å². The summed E-state index contributed by atoms with van der Waals surface area (Å²) in [5.74, 6) is -1.21. The van der Waals surface area contributed by atoms with Crippen LogP contribution in [0.4, 0.5) is 4.39 Å². The van der Waals surface area contributed by atoms with Crippen molar-refractivity contribution in [2.45, 2.75) is 26.8 Å². The van der Waals surface area contributed by atoms with E-state index >= 15 is 0 Å². The number of hydrogen-bond acceptors (Lipinski definition) is 2. The van der Waals surface area contributed by atoms with Gasteiger partial charge in [0.05, 0.1) is 18.7 Å². The largest absolute Gasteiger partial charge is 0.481 e. The zero-order valence-corrected chi connectivity index (χ0v) is 12.7. The van der Waals surface area contributed by atoms with Gasteiger partial charge in [-0.25, -0.2) is 4.39 Å². The second kappa shape index (κ2) is 5.75. The molecule has 1 heterocycles. The second-order valence-electron chi connectivity index (χ2n) is 4.61. The van der Waals surface area contributed by atoms with Gasteiger partial charge in [-0.05, 0) is 26.0 Å². The Balaban J connectivity index is 2.32. The van der Waals surface area contributed by atoms with Crippen LogP contribution in [0.15, 0.2) is 22.7 Å². The number of aliphatic carboxylic acids is 1. The maximum Gasteiger partial charge on any atom is 0.307 e. The number of halogens is 2. The summed E-state index contributed by atoms with van der Waals surface area (Å²) >= 11 is 3.21. The molecule has 0 saturated heterocycles. The van der Waals surface area contributed by atoms with Gasteiger partial charge in [-0.1, -0.05) is 22.0 Å². The lowest BCUT2D eigenvalue weighted by molar-refractivity contribution is -0.136. The van der Waals surface area contributed by atoms with Crippen LogP contribution < -0.4 is 0 Å². The van der Waals surface area contributed by atoms with Gasteiger partial charge in [0, 0.05) is 21.3 Å². The topological polar surface area (TPSA) is 55.1 Å². The molecule has 4 nitrogen and oxygen atoms in total. The summed E-state index contributed by atoms with van der Waals surface area (Å²) in [6.45, 7) is 3.85. The van der Waals surface area contributed by atoms with E-state index in [1.54, 1.807) is 30.7 Å². The van der Waals surface area contributed by atoms with E-state index in [0.29, 0.717) is 21.3 Å². The number of hydrogen-bond donors (Lipinski definition) is 1. The van der Waals surface area contributed by atoms with Crippen molar-refractivity contribution >= 4 is 21.9 Å². The molecule has 6 heteroatoms. The van der Waals surface area contributed by atoms with Gasteiger partial charge < -0.3 is 5.11 Å². The van der Waals surface area contributed by atoms with E-state index in [1.165, 1.54) is 6.07 Å². The summed E-state index contributed by atoms with van der Waals surface area (Å²) in [5, 5.41) is 13.2. The number of carboxylic acids is 1. The zero-order chi connectivity index (χ0) is 14.9. The summed E-state index contributed by atoms with van der Waals surface area (Å²) < 4.78 is 16.1. The zero-order valence-electron chi connectivity index (χ0n) is 11.2. The molecule has 20 heavy (non-hydrogen) atoms. The summed E-state index contributed by atoms with van der Waals surface area (Å²) in [6.07, 6.45) is -0.0690. The maximum atomic E-state index is 13.8. The molecule has 1 aromatic heterocycles. The molecule has 0 unspecified atom stereocenters. The molecule has 0 spiro atoms. The third-order valence-electron chi connectivity index (χ3n) is 3.19. The Morgan fingerprint density at radius 3 is 2.75 bits per heavy atom. The first-order valence-electron chi connectivity index (χ1n) is 6.07. The van der Waals surface area contributed by atoms with E-state index in [1.807, 2.05) is 0 Å². The summed E-state index contributed by atoms with van der Waals surface area (Å²) in [6, 6.07) is 4.86. The minimum atomic E-state index is -0.898. The normalized spacial score (nSPS) is 10.8. The van der Waals surface area contributed by atoms with Gasteiger partial charge in [-0.3, -0.25) is 9.48 Å². The van der Waals surface area contributed by atoms with Crippen molar-refractivity contribution in [3.8, 4) is 0 Å². The van der Waals surface area contributed by atoms with Crippen molar-refractivity contribution in [3.05, 3.63) is 51.0 Å². The molecule has 0 atom stereocenters. The van der Waals surface area contributed by atoms with Gasteiger partial charge in [0.25, 0.3) is 0 Å². The number of benzene rings is 1. The SMILES string of the molecule is Cc1nn(Cc2ccc(Br)cc2F)c(C)c1CC(=O)O. The Labute approximate surface area is 124 Å². The molecule has 1 aromatic carbocycles. The Hall–Kier alpha value is -1.69. The summed E-state index contributed by atoms with van der Waals surface area (Å²) in [7, 11) is 0. The fourth-order valence-electron chi connectivity index (χ4n) is 2.11. The average molecular weight is 341 g/mol. The fourth-order valence-corrected chi connectivity index (χ4v) is 2.44. The van der Waals surface area contributed by atoms with Crippen molar-refractivity contribution < 1.29 is 14.3 Å². The van der Waals surface area contributed by atoms with Gasteiger partial charge in [0.15, 0.2) is 0 Å². The molecule has 0 aliphatic rings. The van der Waals surface area contributed by atoms with Crippen LogP contribution in [0.25, 0.3) is 0 Å². The highest BCUT2D eigenvalue weighted by molar-refractivity contribution is 9.10. The number of aromatic nitrogens is 2. The third-order valence-corrected chi connectivity index (χ3v) is 3.69. The molecule has 2 aromatic rings. The molecule has 0 aliphatic heterocycles. The molecular weight excluding hydrogens is 327 g/mol.